The summed E-state index contributed by atoms with van der Waals surface area (Å²) >= 11 is 0. The molecule has 2 heterocycles. The molecule has 3 aromatic rings. The van der Waals surface area contributed by atoms with E-state index in [2.05, 4.69) is 52.9 Å². The van der Waals surface area contributed by atoms with Crippen molar-refractivity contribution in [2.45, 2.75) is 20.8 Å². The third-order valence-electron chi connectivity index (χ3n) is 3.65. The van der Waals surface area contributed by atoms with Gasteiger partial charge in [-0.25, -0.2) is 14.6 Å². The summed E-state index contributed by atoms with van der Waals surface area (Å²) in [6.07, 6.45) is 3.47. The average Bonchev–Trinajstić information content (AvgIpc) is 2.93. The van der Waals surface area contributed by atoms with Gasteiger partial charge in [0.1, 0.15) is 12.1 Å². The summed E-state index contributed by atoms with van der Waals surface area (Å²) in [6, 6.07) is 8.25. The molecule has 2 aromatic heterocycles. The summed E-state index contributed by atoms with van der Waals surface area (Å²) in [6.45, 7) is 8.16. The van der Waals surface area contributed by atoms with Gasteiger partial charge in [-0.15, -0.1) is 0 Å². The van der Waals surface area contributed by atoms with Crippen LogP contribution in [0.3, 0.4) is 0 Å². The van der Waals surface area contributed by atoms with Crippen molar-refractivity contribution in [1.29, 1.82) is 0 Å². The van der Waals surface area contributed by atoms with Crippen LogP contribution >= 0.6 is 0 Å². The molecule has 0 aliphatic carbocycles. The fourth-order valence-electron chi connectivity index (χ4n) is 2.56. The van der Waals surface area contributed by atoms with Gasteiger partial charge in [-0.2, -0.15) is 5.10 Å². The zero-order valence-corrected chi connectivity index (χ0v) is 12.6. The molecule has 0 saturated carbocycles. The number of rotatable bonds is 4. The third-order valence-corrected chi connectivity index (χ3v) is 3.65. The number of hydrogen-bond acceptors (Lipinski definition) is 4. The Morgan fingerprint density at radius 3 is 2.67 bits per heavy atom. The molecule has 0 unspecified atom stereocenters. The maximum absolute atomic E-state index is 4.51. The minimum Gasteiger partial charge on any atom is -0.356 e. The molecule has 5 heteroatoms. The minimum atomic E-state index is 0.845. The second kappa shape index (κ2) is 5.52. The van der Waals surface area contributed by atoms with E-state index in [0.717, 1.165) is 35.6 Å². The first kappa shape index (κ1) is 13.5. The van der Waals surface area contributed by atoms with Gasteiger partial charge in [0.2, 0.25) is 0 Å². The van der Waals surface area contributed by atoms with Gasteiger partial charge >= 0.3 is 0 Å². The van der Waals surface area contributed by atoms with Gasteiger partial charge in [0, 0.05) is 13.1 Å². The predicted molar refractivity (Wildman–Crippen MR) is 85.0 cm³/mol. The molecular formula is C16H19N5. The molecule has 5 nitrogen and oxygen atoms in total. The van der Waals surface area contributed by atoms with Crippen LogP contribution < -0.4 is 4.90 Å². The highest BCUT2D eigenvalue weighted by Gasteiger charge is 2.14. The second-order valence-electron chi connectivity index (χ2n) is 5.00. The van der Waals surface area contributed by atoms with Crippen molar-refractivity contribution in [1.82, 2.24) is 19.7 Å². The van der Waals surface area contributed by atoms with Gasteiger partial charge in [-0.05, 0) is 38.5 Å². The molecule has 3 rings (SSSR count). The zero-order chi connectivity index (χ0) is 14.8. The van der Waals surface area contributed by atoms with Crippen LogP contribution in [0.25, 0.3) is 16.7 Å². The van der Waals surface area contributed by atoms with Crippen molar-refractivity contribution < 1.29 is 0 Å². The molecule has 0 aliphatic rings. The van der Waals surface area contributed by atoms with E-state index in [4.69, 9.17) is 0 Å². The number of benzene rings is 1. The molecular weight excluding hydrogens is 262 g/mol. The maximum Gasteiger partial charge on any atom is 0.168 e. The largest absolute Gasteiger partial charge is 0.356 e. The predicted octanol–water partition coefficient (Wildman–Crippen LogP) is 2.97. The number of fused-ring (bicyclic) bond motifs is 1. The smallest absolute Gasteiger partial charge is 0.168 e. The summed E-state index contributed by atoms with van der Waals surface area (Å²) in [7, 11) is 0. The lowest BCUT2D eigenvalue weighted by molar-refractivity contribution is 0.847. The minimum absolute atomic E-state index is 0.845. The molecule has 0 bridgehead atoms. The second-order valence-corrected chi connectivity index (χ2v) is 5.00. The Hall–Kier alpha value is -2.43. The lowest BCUT2D eigenvalue weighted by Gasteiger charge is -2.19. The molecule has 0 amide bonds. The SMILES string of the molecule is CCN(CC)c1ncnc2c1cnn2-c1cccc(C)c1. The normalized spacial score (nSPS) is 11.0. The van der Waals surface area contributed by atoms with Crippen LogP contribution in [0.2, 0.25) is 0 Å². The molecule has 0 N–H and O–H groups in total. The monoisotopic (exact) mass is 281 g/mol. The number of anilines is 1. The van der Waals surface area contributed by atoms with Crippen molar-refractivity contribution >= 4 is 16.9 Å². The molecule has 0 saturated heterocycles. The quantitative estimate of drug-likeness (QED) is 0.737. The summed E-state index contributed by atoms with van der Waals surface area (Å²) in [5.41, 5.74) is 3.07. The Bertz CT molecular complexity index is 758. The van der Waals surface area contributed by atoms with Gasteiger partial charge in [0.05, 0.1) is 17.3 Å². The number of aromatic nitrogens is 4. The van der Waals surface area contributed by atoms with Gasteiger partial charge < -0.3 is 4.90 Å². The van der Waals surface area contributed by atoms with Crippen molar-refractivity contribution in [2.75, 3.05) is 18.0 Å². The lowest BCUT2D eigenvalue weighted by Crippen LogP contribution is -2.23. The molecule has 108 valence electrons. The van der Waals surface area contributed by atoms with Crippen LogP contribution in [-0.4, -0.2) is 32.8 Å². The molecule has 1 aromatic carbocycles. The van der Waals surface area contributed by atoms with Crippen LogP contribution in [0, 0.1) is 6.92 Å². The average molecular weight is 281 g/mol. The highest BCUT2D eigenvalue weighted by molar-refractivity contribution is 5.87. The summed E-state index contributed by atoms with van der Waals surface area (Å²) in [5.74, 6) is 0.948. The van der Waals surface area contributed by atoms with Crippen LogP contribution in [0.15, 0.2) is 36.8 Å². The van der Waals surface area contributed by atoms with Crippen LogP contribution in [0.4, 0.5) is 5.82 Å². The first-order chi connectivity index (χ1) is 10.2. The highest BCUT2D eigenvalue weighted by atomic mass is 15.3. The van der Waals surface area contributed by atoms with E-state index < -0.39 is 0 Å². The molecule has 21 heavy (non-hydrogen) atoms. The van der Waals surface area contributed by atoms with E-state index in [1.807, 2.05) is 23.0 Å². The zero-order valence-electron chi connectivity index (χ0n) is 12.6. The van der Waals surface area contributed by atoms with E-state index in [9.17, 15) is 0 Å². The Kier molecular flexibility index (Phi) is 3.56. The summed E-state index contributed by atoms with van der Waals surface area (Å²) in [4.78, 5) is 11.1. The number of hydrogen-bond donors (Lipinski definition) is 0. The highest BCUT2D eigenvalue weighted by Crippen LogP contribution is 2.24. The number of aryl methyl sites for hydroxylation is 1. The molecule has 0 radical (unpaired) electrons. The van der Waals surface area contributed by atoms with Crippen molar-refractivity contribution in [3.63, 3.8) is 0 Å². The van der Waals surface area contributed by atoms with Crippen molar-refractivity contribution in [2.24, 2.45) is 0 Å². The van der Waals surface area contributed by atoms with E-state index in [-0.39, 0.29) is 0 Å². The van der Waals surface area contributed by atoms with Crippen LogP contribution in [-0.2, 0) is 0 Å². The fraction of sp³-hybridized carbons (Fsp3) is 0.312. The van der Waals surface area contributed by atoms with Crippen molar-refractivity contribution in [3.8, 4) is 5.69 Å². The third kappa shape index (κ3) is 2.35. The first-order valence-corrected chi connectivity index (χ1v) is 7.25. The Morgan fingerprint density at radius 1 is 1.14 bits per heavy atom. The van der Waals surface area contributed by atoms with E-state index in [1.165, 1.54) is 5.56 Å². The maximum atomic E-state index is 4.51. The summed E-state index contributed by atoms with van der Waals surface area (Å²) < 4.78 is 1.87. The lowest BCUT2D eigenvalue weighted by atomic mass is 10.2. The van der Waals surface area contributed by atoms with Gasteiger partial charge in [-0.3, -0.25) is 0 Å². The van der Waals surface area contributed by atoms with Gasteiger partial charge in [0.15, 0.2) is 5.65 Å². The van der Waals surface area contributed by atoms with E-state index >= 15 is 0 Å². The molecule has 0 fully saturated rings. The summed E-state index contributed by atoms with van der Waals surface area (Å²) in [5, 5.41) is 5.49. The molecule has 0 atom stereocenters. The van der Waals surface area contributed by atoms with Gasteiger partial charge in [-0.1, -0.05) is 12.1 Å². The fourth-order valence-corrected chi connectivity index (χ4v) is 2.56. The van der Waals surface area contributed by atoms with E-state index in [1.54, 1.807) is 6.33 Å². The standard InChI is InChI=1S/C16H19N5/c1-4-20(5-2)15-14-10-19-21(16(14)18-11-17-15)13-8-6-7-12(3)9-13/h6-11H,4-5H2,1-3H3. The molecule has 0 spiro atoms. The first-order valence-electron chi connectivity index (χ1n) is 7.25. The van der Waals surface area contributed by atoms with Crippen LogP contribution in [0.5, 0.6) is 0 Å². The molecule has 0 aliphatic heterocycles. The van der Waals surface area contributed by atoms with Crippen LogP contribution in [0.1, 0.15) is 19.4 Å². The van der Waals surface area contributed by atoms with Gasteiger partial charge in [0.25, 0.3) is 0 Å². The topological polar surface area (TPSA) is 46.8 Å². The number of nitrogens with zero attached hydrogens (tertiary/aromatic N) is 5. The van der Waals surface area contributed by atoms with E-state index in [0.29, 0.717) is 0 Å². The Morgan fingerprint density at radius 2 is 1.95 bits per heavy atom. The Balaban J connectivity index is 2.17. The van der Waals surface area contributed by atoms with Crippen molar-refractivity contribution in [3.05, 3.63) is 42.4 Å². The Labute approximate surface area is 124 Å².